The van der Waals surface area contributed by atoms with Crippen LogP contribution < -0.4 is 10.8 Å². The number of carbonyl (C=O) groups excluding carboxylic acids is 1. The van der Waals surface area contributed by atoms with Gasteiger partial charge in [0.15, 0.2) is 11.5 Å². The van der Waals surface area contributed by atoms with Gasteiger partial charge in [-0.05, 0) is 39.9 Å². The van der Waals surface area contributed by atoms with E-state index in [-0.39, 0.29) is 34.6 Å². The van der Waals surface area contributed by atoms with E-state index >= 15 is 0 Å². The highest BCUT2D eigenvalue weighted by atomic mass is 32.8. The number of hydrogen-bond donors (Lipinski definition) is 2. The summed E-state index contributed by atoms with van der Waals surface area (Å²) in [6.07, 6.45) is 17.9. The first-order valence-electron chi connectivity index (χ1n) is 16.6. The highest BCUT2D eigenvalue weighted by molar-refractivity contribution is 8.28. The van der Waals surface area contributed by atoms with E-state index < -0.39 is 19.5 Å². The first-order chi connectivity index (χ1) is 21.5. The van der Waals surface area contributed by atoms with Gasteiger partial charge in [-0.3, -0.25) is 9.36 Å². The molecule has 45 heavy (non-hydrogen) atoms. The molecule has 2 aromatic rings. The number of fused-ring (bicyclic) bond motifs is 1. The average Bonchev–Trinajstić information content (AvgIpc) is 3.40. The van der Waals surface area contributed by atoms with Crippen molar-refractivity contribution >= 4 is 51.1 Å². The number of ether oxygens (including phenoxy) is 2. The molecule has 0 fully saturated rings. The minimum absolute atomic E-state index is 0.221. The van der Waals surface area contributed by atoms with E-state index in [2.05, 4.69) is 27.0 Å². The van der Waals surface area contributed by atoms with E-state index in [1.165, 1.54) is 77.0 Å². The van der Waals surface area contributed by atoms with Crippen LogP contribution in [0.25, 0.3) is 11.2 Å². The van der Waals surface area contributed by atoms with Crippen molar-refractivity contribution in [2.45, 2.75) is 136 Å². The quantitative estimate of drug-likeness (QED) is 0.0620. The predicted octanol–water partition coefficient (Wildman–Crippen LogP) is 6.69. The maximum atomic E-state index is 13.9. The number of nitrogens with zero attached hydrogens (tertiary/aromatic N) is 4. The summed E-state index contributed by atoms with van der Waals surface area (Å²) in [5.41, 5.74) is 7.00. The molecule has 2 heterocycles. The number of carbonyl (C=O) groups is 1. The maximum absolute atomic E-state index is 13.9. The van der Waals surface area contributed by atoms with Crippen molar-refractivity contribution in [1.29, 1.82) is 0 Å². The Labute approximate surface area is 277 Å². The Bertz CT molecular complexity index is 1200. The molecule has 11 nitrogen and oxygen atoms in total. The lowest BCUT2D eigenvalue weighted by Crippen LogP contribution is -2.36. The molecule has 3 N–H and O–H groups in total. The smallest absolute Gasteiger partial charge is 0.323 e. The van der Waals surface area contributed by atoms with Crippen molar-refractivity contribution < 1.29 is 23.4 Å². The van der Waals surface area contributed by atoms with Crippen LogP contribution in [-0.2, 0) is 50.5 Å². The zero-order valence-corrected chi connectivity index (χ0v) is 30.6. The van der Waals surface area contributed by atoms with Crippen LogP contribution in [-0.4, -0.2) is 68.2 Å². The van der Waals surface area contributed by atoms with E-state index in [4.69, 9.17) is 30.9 Å². The molecule has 2 rings (SSSR count). The van der Waals surface area contributed by atoms with Crippen LogP contribution in [0.1, 0.15) is 112 Å². The van der Waals surface area contributed by atoms with Gasteiger partial charge in [0.05, 0.1) is 31.7 Å². The summed E-state index contributed by atoms with van der Waals surface area (Å²) in [4.78, 5) is 25.0. The number of anilines is 1. The second-order valence-corrected chi connectivity index (χ2v) is 17.2. The number of nitrogens with one attached hydrogen (secondary N) is 1. The molecule has 0 aromatic carbocycles. The number of nitrogen functional groups attached to an aromatic ring is 1. The lowest BCUT2D eigenvalue weighted by atomic mass is 10.1. The van der Waals surface area contributed by atoms with Crippen LogP contribution in [0, 0.1) is 0 Å². The molecule has 0 aliphatic heterocycles. The summed E-state index contributed by atoms with van der Waals surface area (Å²) in [5, 5.41) is 2.86. The first kappa shape index (κ1) is 39.7. The Morgan fingerprint density at radius 3 is 2.22 bits per heavy atom. The largest absolute Gasteiger partial charge is 0.462 e. The Hall–Kier alpha value is -1.50. The van der Waals surface area contributed by atoms with E-state index in [0.717, 1.165) is 12.2 Å². The number of unbranched alkanes of at least 4 members (excludes halogenated alkanes) is 11. The number of rotatable bonds is 26. The monoisotopic (exact) mass is 688 g/mol. The molecule has 0 aliphatic carbocycles. The van der Waals surface area contributed by atoms with Gasteiger partial charge in [0, 0.05) is 5.75 Å². The van der Waals surface area contributed by atoms with Crippen LogP contribution in [0.4, 0.5) is 5.82 Å². The molecule has 14 heteroatoms. The van der Waals surface area contributed by atoms with Crippen molar-refractivity contribution in [1.82, 2.24) is 24.6 Å². The summed E-state index contributed by atoms with van der Waals surface area (Å²) >= 11 is 5.70. The highest BCUT2D eigenvalue weighted by Crippen LogP contribution is 2.43. The Morgan fingerprint density at radius 2 is 1.60 bits per heavy atom. The van der Waals surface area contributed by atoms with Gasteiger partial charge in [-0.2, -0.15) is 0 Å². The van der Waals surface area contributed by atoms with Gasteiger partial charge in [0.25, 0.3) is 7.52 Å². The Balaban J connectivity index is 1.77. The van der Waals surface area contributed by atoms with E-state index in [1.807, 2.05) is 6.92 Å². The minimum Gasteiger partial charge on any atom is -0.462 e. The van der Waals surface area contributed by atoms with Crippen LogP contribution >= 0.6 is 7.52 Å². The second-order valence-electron chi connectivity index (χ2n) is 12.0. The molecule has 0 bridgehead atoms. The van der Waals surface area contributed by atoms with Crippen LogP contribution in [0.5, 0.6) is 0 Å². The zero-order valence-electron chi connectivity index (χ0n) is 28.1. The number of esters is 1. The molecule has 258 valence electrons. The average molecular weight is 689 g/mol. The van der Waals surface area contributed by atoms with Gasteiger partial charge in [-0.1, -0.05) is 88.7 Å². The number of imidazole rings is 1. The summed E-state index contributed by atoms with van der Waals surface area (Å²) in [6.45, 7) is 9.88. The van der Waals surface area contributed by atoms with Crippen molar-refractivity contribution in [3.63, 3.8) is 0 Å². The van der Waals surface area contributed by atoms with Gasteiger partial charge >= 0.3 is 5.97 Å². The molecule has 1 unspecified atom stereocenters. The zero-order chi connectivity index (χ0) is 33.1. The maximum Gasteiger partial charge on any atom is 0.323 e. The van der Waals surface area contributed by atoms with Gasteiger partial charge in [0.1, 0.15) is 24.2 Å². The summed E-state index contributed by atoms with van der Waals surface area (Å²) in [7, 11) is -3.83. The molecule has 0 saturated heterocycles. The van der Waals surface area contributed by atoms with E-state index in [0.29, 0.717) is 29.3 Å². The van der Waals surface area contributed by atoms with E-state index in [1.54, 1.807) is 31.7 Å². The molecule has 0 amide bonds. The third-order valence-corrected chi connectivity index (χ3v) is 11.6. The number of hydrogen-bond acceptors (Lipinski definition) is 10. The Kier molecular flexibility index (Phi) is 19.5. The fourth-order valence-electron chi connectivity index (χ4n) is 4.87. The molecular weight excluding hydrogens is 631 g/mol. The SMILES string of the molecule is CCCCCCCCCCCCCCS(=S)CCO[P@@](=O)(CO[C@H](C)Cn1cnc2c(N)ncnc21)N[C@@H](C)C(=O)OC(C)C. The van der Waals surface area contributed by atoms with Crippen LogP contribution in [0.15, 0.2) is 12.7 Å². The normalized spacial score (nSPS) is 15.2. The standard InChI is InChI=1S/C31H57N6O5PS2/c1-6-7-8-9-10-11-12-13-14-15-16-17-19-45(44)20-18-41-43(39,36-27(5)31(38)42-25(2)3)24-40-26(4)21-37-23-35-28-29(32)33-22-34-30(28)37/h22-23,25-27H,6-21,24H2,1-5H3,(H,36,39)(H2,32,33,34)/t26-,27+,43+,45?/m1/s1. The number of nitrogens with two attached hydrogens (primary N) is 1. The van der Waals surface area contributed by atoms with Gasteiger partial charge in [-0.15, -0.1) is 9.45 Å². The van der Waals surface area contributed by atoms with Gasteiger partial charge < -0.3 is 24.3 Å². The fourth-order valence-corrected chi connectivity index (χ4v) is 8.30. The third kappa shape index (κ3) is 16.2. The first-order valence-corrected chi connectivity index (χ1v) is 20.9. The second kappa shape index (κ2) is 22.1. The molecule has 4 atom stereocenters. The molecule has 2 aromatic heterocycles. The molecule has 0 radical (unpaired) electrons. The highest BCUT2D eigenvalue weighted by Gasteiger charge is 2.31. The fraction of sp³-hybridized carbons (Fsp3) is 0.806. The minimum atomic E-state index is -3.57. The van der Waals surface area contributed by atoms with Gasteiger partial charge in [0.2, 0.25) is 0 Å². The molecule has 0 saturated carbocycles. The molecule has 0 aliphatic rings. The van der Waals surface area contributed by atoms with Crippen LogP contribution in [0.2, 0.25) is 0 Å². The van der Waals surface area contributed by atoms with Crippen molar-refractivity contribution in [2.75, 3.05) is 30.2 Å². The van der Waals surface area contributed by atoms with Crippen molar-refractivity contribution in [3.05, 3.63) is 12.7 Å². The lowest BCUT2D eigenvalue weighted by molar-refractivity contribution is -0.149. The Morgan fingerprint density at radius 1 is 0.978 bits per heavy atom. The lowest BCUT2D eigenvalue weighted by Gasteiger charge is -2.25. The van der Waals surface area contributed by atoms with Gasteiger partial charge in [-0.25, -0.2) is 20.0 Å². The summed E-state index contributed by atoms with van der Waals surface area (Å²) < 4.78 is 32.9. The number of aromatic nitrogens is 4. The van der Waals surface area contributed by atoms with Crippen molar-refractivity contribution in [2.24, 2.45) is 0 Å². The molecular formula is C31H57N6O5PS2. The topological polar surface area (TPSA) is 143 Å². The van der Waals surface area contributed by atoms with E-state index in [9.17, 15) is 9.36 Å². The molecule has 0 spiro atoms. The predicted molar refractivity (Wildman–Crippen MR) is 188 cm³/mol. The van der Waals surface area contributed by atoms with Crippen molar-refractivity contribution in [3.8, 4) is 0 Å². The summed E-state index contributed by atoms with van der Waals surface area (Å²) in [6, 6.07) is -0.836. The van der Waals surface area contributed by atoms with Crippen LogP contribution in [0.3, 0.4) is 0 Å². The third-order valence-electron chi connectivity index (χ3n) is 7.34. The summed E-state index contributed by atoms with van der Waals surface area (Å²) in [5.74, 6) is 1.39.